The minimum atomic E-state index is 0.489. The molecule has 1 atom stereocenters. The Morgan fingerprint density at radius 2 is 2.18 bits per heavy atom. The third kappa shape index (κ3) is 5.11. The van der Waals surface area contributed by atoms with Gasteiger partial charge in [-0.1, -0.05) is 29.8 Å². The van der Waals surface area contributed by atoms with Crippen LogP contribution in [0, 0.1) is 6.92 Å². The maximum Gasteiger partial charge on any atom is 0.0234 e. The molecule has 0 aliphatic heterocycles. The first-order chi connectivity index (χ1) is 8.17. The third-order valence-electron chi connectivity index (χ3n) is 3.07. The van der Waals surface area contributed by atoms with Crippen molar-refractivity contribution >= 4 is 11.8 Å². The molecule has 0 aliphatic rings. The Labute approximate surface area is 110 Å². The molecule has 3 heteroatoms. The monoisotopic (exact) mass is 252 g/mol. The van der Waals surface area contributed by atoms with Crippen molar-refractivity contribution in [3.8, 4) is 0 Å². The standard InChI is InChI=1S/C14H24N2S/c1-12-5-4-6-13(9-12)11-16(2)14(10-15)7-8-17-3/h4-6,9,14H,7-8,10-11,15H2,1-3H3. The number of likely N-dealkylation sites (N-methyl/N-ethyl adjacent to an activating group) is 1. The van der Waals surface area contributed by atoms with Crippen molar-refractivity contribution in [3.63, 3.8) is 0 Å². The SMILES string of the molecule is CSCCC(CN)N(C)Cc1cccc(C)c1. The molecule has 0 saturated heterocycles. The second-order valence-electron chi connectivity index (χ2n) is 4.58. The van der Waals surface area contributed by atoms with Crippen molar-refractivity contribution in [2.75, 3.05) is 25.6 Å². The van der Waals surface area contributed by atoms with Crippen LogP contribution < -0.4 is 5.73 Å². The van der Waals surface area contributed by atoms with Crippen molar-refractivity contribution in [1.82, 2.24) is 4.90 Å². The van der Waals surface area contributed by atoms with E-state index in [9.17, 15) is 0 Å². The molecule has 0 bridgehead atoms. The van der Waals surface area contributed by atoms with E-state index in [4.69, 9.17) is 5.73 Å². The highest BCUT2D eigenvalue weighted by Crippen LogP contribution is 2.11. The van der Waals surface area contributed by atoms with Crippen LogP contribution in [0.4, 0.5) is 0 Å². The maximum absolute atomic E-state index is 5.85. The molecule has 0 saturated carbocycles. The Morgan fingerprint density at radius 3 is 2.76 bits per heavy atom. The molecule has 0 spiro atoms. The van der Waals surface area contributed by atoms with Gasteiger partial charge in [-0.05, 0) is 38.0 Å². The van der Waals surface area contributed by atoms with Gasteiger partial charge in [-0.2, -0.15) is 11.8 Å². The van der Waals surface area contributed by atoms with Gasteiger partial charge in [0.15, 0.2) is 0 Å². The molecule has 17 heavy (non-hydrogen) atoms. The molecule has 2 nitrogen and oxygen atoms in total. The average molecular weight is 252 g/mol. The Morgan fingerprint density at radius 1 is 1.41 bits per heavy atom. The fourth-order valence-electron chi connectivity index (χ4n) is 2.00. The van der Waals surface area contributed by atoms with Gasteiger partial charge in [0.2, 0.25) is 0 Å². The summed E-state index contributed by atoms with van der Waals surface area (Å²) in [5, 5.41) is 0. The third-order valence-corrected chi connectivity index (χ3v) is 3.71. The number of thioether (sulfide) groups is 1. The molecule has 1 aromatic rings. The van der Waals surface area contributed by atoms with Crippen molar-refractivity contribution < 1.29 is 0 Å². The Kier molecular flexibility index (Phi) is 6.63. The van der Waals surface area contributed by atoms with Gasteiger partial charge in [-0.3, -0.25) is 4.90 Å². The van der Waals surface area contributed by atoms with Crippen LogP contribution in [0.1, 0.15) is 17.5 Å². The first-order valence-electron chi connectivity index (χ1n) is 6.12. The van der Waals surface area contributed by atoms with Gasteiger partial charge >= 0.3 is 0 Å². The molecule has 96 valence electrons. The Hall–Kier alpha value is -0.510. The minimum Gasteiger partial charge on any atom is -0.329 e. The highest BCUT2D eigenvalue weighted by molar-refractivity contribution is 7.98. The zero-order valence-corrected chi connectivity index (χ0v) is 12.0. The lowest BCUT2D eigenvalue weighted by molar-refractivity contribution is 0.234. The van der Waals surface area contributed by atoms with Gasteiger partial charge in [0.1, 0.15) is 0 Å². The van der Waals surface area contributed by atoms with Crippen LogP contribution in [0.25, 0.3) is 0 Å². The number of rotatable bonds is 7. The summed E-state index contributed by atoms with van der Waals surface area (Å²) < 4.78 is 0. The van der Waals surface area contributed by atoms with Crippen LogP contribution in [-0.4, -0.2) is 36.5 Å². The molecule has 2 N–H and O–H groups in total. The molecular formula is C14H24N2S. The van der Waals surface area contributed by atoms with Crippen LogP contribution in [0.15, 0.2) is 24.3 Å². The molecule has 0 aromatic heterocycles. The molecule has 1 rings (SSSR count). The summed E-state index contributed by atoms with van der Waals surface area (Å²) in [5.74, 6) is 1.18. The summed E-state index contributed by atoms with van der Waals surface area (Å²) in [4.78, 5) is 2.37. The smallest absolute Gasteiger partial charge is 0.0234 e. The second-order valence-corrected chi connectivity index (χ2v) is 5.56. The van der Waals surface area contributed by atoms with Gasteiger partial charge in [0.25, 0.3) is 0 Å². The van der Waals surface area contributed by atoms with Crippen molar-refractivity contribution in [1.29, 1.82) is 0 Å². The molecule has 0 amide bonds. The topological polar surface area (TPSA) is 29.3 Å². The van der Waals surface area contributed by atoms with Crippen LogP contribution in [0.3, 0.4) is 0 Å². The summed E-state index contributed by atoms with van der Waals surface area (Å²) in [6, 6.07) is 9.18. The maximum atomic E-state index is 5.85. The quantitative estimate of drug-likeness (QED) is 0.808. The van der Waals surface area contributed by atoms with Crippen molar-refractivity contribution in [3.05, 3.63) is 35.4 Å². The lowest BCUT2D eigenvalue weighted by Gasteiger charge is -2.27. The molecule has 0 heterocycles. The lowest BCUT2D eigenvalue weighted by atomic mass is 10.1. The van der Waals surface area contributed by atoms with E-state index in [1.807, 2.05) is 11.8 Å². The summed E-state index contributed by atoms with van der Waals surface area (Å²) in [5.41, 5.74) is 8.54. The molecule has 0 radical (unpaired) electrons. The van der Waals surface area contributed by atoms with E-state index in [1.165, 1.54) is 23.3 Å². The Bertz CT molecular complexity index is 328. The zero-order valence-electron chi connectivity index (χ0n) is 11.1. The first-order valence-corrected chi connectivity index (χ1v) is 7.51. The van der Waals surface area contributed by atoms with Gasteiger partial charge in [-0.25, -0.2) is 0 Å². The minimum absolute atomic E-state index is 0.489. The number of benzene rings is 1. The summed E-state index contributed by atoms with van der Waals surface area (Å²) in [6.45, 7) is 3.86. The molecule has 0 fully saturated rings. The summed E-state index contributed by atoms with van der Waals surface area (Å²) in [7, 11) is 2.17. The predicted octanol–water partition coefficient (Wildman–Crippen LogP) is 2.51. The van der Waals surface area contributed by atoms with E-state index >= 15 is 0 Å². The molecular weight excluding hydrogens is 228 g/mol. The van der Waals surface area contributed by atoms with Crippen LogP contribution >= 0.6 is 11.8 Å². The van der Waals surface area contributed by atoms with E-state index in [-0.39, 0.29) is 0 Å². The highest BCUT2D eigenvalue weighted by Gasteiger charge is 2.12. The summed E-state index contributed by atoms with van der Waals surface area (Å²) in [6.07, 6.45) is 3.31. The van der Waals surface area contributed by atoms with E-state index in [0.717, 1.165) is 13.1 Å². The van der Waals surface area contributed by atoms with Crippen molar-refractivity contribution in [2.45, 2.75) is 25.9 Å². The summed E-state index contributed by atoms with van der Waals surface area (Å²) >= 11 is 1.89. The molecule has 1 aromatic carbocycles. The normalized spacial score (nSPS) is 13.0. The first kappa shape index (κ1) is 14.6. The number of hydrogen-bond acceptors (Lipinski definition) is 3. The van der Waals surface area contributed by atoms with E-state index in [1.54, 1.807) is 0 Å². The van der Waals surface area contributed by atoms with Gasteiger partial charge < -0.3 is 5.73 Å². The Balaban J connectivity index is 2.54. The molecule has 1 unspecified atom stereocenters. The largest absolute Gasteiger partial charge is 0.329 e. The van der Waals surface area contributed by atoms with Crippen LogP contribution in [0.2, 0.25) is 0 Å². The average Bonchev–Trinajstić information content (AvgIpc) is 2.30. The van der Waals surface area contributed by atoms with Gasteiger partial charge in [0.05, 0.1) is 0 Å². The van der Waals surface area contributed by atoms with E-state index < -0.39 is 0 Å². The number of hydrogen-bond donors (Lipinski definition) is 1. The fraction of sp³-hybridized carbons (Fsp3) is 0.571. The van der Waals surface area contributed by atoms with E-state index in [2.05, 4.69) is 49.4 Å². The lowest BCUT2D eigenvalue weighted by Crippen LogP contribution is -2.37. The molecule has 0 aliphatic carbocycles. The van der Waals surface area contributed by atoms with Crippen molar-refractivity contribution in [2.24, 2.45) is 5.73 Å². The number of nitrogens with zero attached hydrogens (tertiary/aromatic N) is 1. The van der Waals surface area contributed by atoms with E-state index in [0.29, 0.717) is 6.04 Å². The zero-order chi connectivity index (χ0) is 12.7. The predicted molar refractivity (Wildman–Crippen MR) is 78.5 cm³/mol. The van der Waals surface area contributed by atoms with Crippen LogP contribution in [0.5, 0.6) is 0 Å². The number of aryl methyl sites for hydroxylation is 1. The highest BCUT2D eigenvalue weighted by atomic mass is 32.2. The number of nitrogens with two attached hydrogens (primary N) is 1. The fourth-order valence-corrected chi connectivity index (χ4v) is 2.51. The van der Waals surface area contributed by atoms with Gasteiger partial charge in [0, 0.05) is 19.1 Å². The van der Waals surface area contributed by atoms with Crippen LogP contribution in [-0.2, 0) is 6.54 Å². The second kappa shape index (κ2) is 7.75. The van der Waals surface area contributed by atoms with Gasteiger partial charge in [-0.15, -0.1) is 0 Å².